The summed E-state index contributed by atoms with van der Waals surface area (Å²) in [4.78, 5) is 25.7. The molecule has 182 valence electrons. The van der Waals surface area contributed by atoms with Crippen LogP contribution >= 0.6 is 0 Å². The molecule has 0 saturated carbocycles. The molecule has 0 atom stereocenters. The number of piperidine rings is 1. The molecule has 3 aromatic carbocycles. The lowest BCUT2D eigenvalue weighted by molar-refractivity contribution is -0.116. The molecule has 7 nitrogen and oxygen atoms in total. The summed E-state index contributed by atoms with van der Waals surface area (Å²) >= 11 is 0. The van der Waals surface area contributed by atoms with E-state index in [4.69, 9.17) is 9.84 Å². The molecule has 1 amide bonds. The predicted octanol–water partition coefficient (Wildman–Crippen LogP) is 4.76. The summed E-state index contributed by atoms with van der Waals surface area (Å²) in [5.41, 5.74) is 2.19. The molecule has 0 radical (unpaired) electrons. The van der Waals surface area contributed by atoms with Crippen molar-refractivity contribution in [2.24, 2.45) is 0 Å². The second-order valence-corrected chi connectivity index (χ2v) is 8.74. The first-order valence-corrected chi connectivity index (χ1v) is 12.0. The van der Waals surface area contributed by atoms with Crippen LogP contribution in [-0.2, 0) is 11.3 Å². The van der Waals surface area contributed by atoms with Crippen LogP contribution in [0.25, 0.3) is 0 Å². The van der Waals surface area contributed by atoms with Crippen molar-refractivity contribution in [2.75, 3.05) is 25.0 Å². The summed E-state index contributed by atoms with van der Waals surface area (Å²) in [7, 11) is 0. The molecule has 0 spiro atoms. The maximum absolute atomic E-state index is 12.3. The van der Waals surface area contributed by atoms with Crippen LogP contribution in [0.3, 0.4) is 0 Å². The van der Waals surface area contributed by atoms with E-state index in [1.807, 2.05) is 66.7 Å². The molecule has 3 aromatic rings. The van der Waals surface area contributed by atoms with Crippen molar-refractivity contribution >= 4 is 17.6 Å². The number of benzene rings is 3. The number of hydrogen-bond acceptors (Lipinski definition) is 5. The van der Waals surface area contributed by atoms with Crippen molar-refractivity contribution in [3.05, 3.63) is 90.0 Å². The van der Waals surface area contributed by atoms with Crippen molar-refractivity contribution in [1.82, 2.24) is 10.2 Å². The second kappa shape index (κ2) is 12.1. The molecule has 3 N–H and O–H groups in total. The third-order valence-corrected chi connectivity index (χ3v) is 6.10. The number of likely N-dealkylation sites (tertiary alicyclic amines) is 1. The highest BCUT2D eigenvalue weighted by Gasteiger charge is 2.19. The van der Waals surface area contributed by atoms with Crippen LogP contribution in [0.5, 0.6) is 11.5 Å². The Labute approximate surface area is 205 Å². The highest BCUT2D eigenvalue weighted by molar-refractivity contribution is 5.90. The van der Waals surface area contributed by atoms with Crippen molar-refractivity contribution in [1.29, 1.82) is 0 Å². The summed E-state index contributed by atoms with van der Waals surface area (Å²) in [6.45, 7) is 3.41. The smallest absolute Gasteiger partial charge is 0.335 e. The van der Waals surface area contributed by atoms with Gasteiger partial charge in [0.05, 0.1) is 5.56 Å². The second-order valence-electron chi connectivity index (χ2n) is 8.74. The van der Waals surface area contributed by atoms with Crippen LogP contribution in [0.2, 0.25) is 0 Å². The van der Waals surface area contributed by atoms with Crippen LogP contribution in [-0.4, -0.2) is 47.6 Å². The van der Waals surface area contributed by atoms with Crippen molar-refractivity contribution < 1.29 is 19.4 Å². The Hall–Kier alpha value is -3.68. The topological polar surface area (TPSA) is 90.9 Å². The van der Waals surface area contributed by atoms with E-state index in [0.29, 0.717) is 24.6 Å². The molecule has 0 aliphatic carbocycles. The van der Waals surface area contributed by atoms with Gasteiger partial charge < -0.3 is 20.5 Å². The lowest BCUT2D eigenvalue weighted by Gasteiger charge is -2.32. The number of para-hydroxylation sites is 1. The van der Waals surface area contributed by atoms with Gasteiger partial charge in [0.25, 0.3) is 0 Å². The number of nitrogens with zero attached hydrogens (tertiary/aromatic N) is 1. The zero-order chi connectivity index (χ0) is 24.5. The van der Waals surface area contributed by atoms with Crippen LogP contribution < -0.4 is 15.4 Å². The number of hydrogen-bond donors (Lipinski definition) is 3. The van der Waals surface area contributed by atoms with Crippen LogP contribution in [0.1, 0.15) is 35.2 Å². The minimum Gasteiger partial charge on any atom is -0.478 e. The number of rotatable bonds is 10. The summed E-state index contributed by atoms with van der Waals surface area (Å²) in [5.74, 6) is 0.579. The molecule has 0 bridgehead atoms. The van der Waals surface area contributed by atoms with Crippen molar-refractivity contribution in [3.63, 3.8) is 0 Å². The number of ether oxygens (including phenoxy) is 1. The van der Waals surface area contributed by atoms with E-state index in [-0.39, 0.29) is 5.91 Å². The normalized spacial score (nSPS) is 14.4. The fourth-order valence-electron chi connectivity index (χ4n) is 4.15. The van der Waals surface area contributed by atoms with Crippen LogP contribution in [0, 0.1) is 0 Å². The molecular formula is C28H31N3O4. The fraction of sp³-hybridized carbons (Fsp3) is 0.286. The molecule has 0 aromatic heterocycles. The zero-order valence-electron chi connectivity index (χ0n) is 19.7. The maximum atomic E-state index is 12.3. The molecule has 0 unspecified atom stereocenters. The Balaban J connectivity index is 1.12. The van der Waals surface area contributed by atoms with Gasteiger partial charge >= 0.3 is 5.97 Å². The first kappa shape index (κ1) is 24.4. The van der Waals surface area contributed by atoms with E-state index < -0.39 is 5.97 Å². The zero-order valence-corrected chi connectivity index (χ0v) is 19.7. The van der Waals surface area contributed by atoms with Crippen molar-refractivity contribution in [3.8, 4) is 11.5 Å². The molecule has 4 rings (SSSR count). The Morgan fingerprint density at radius 1 is 0.886 bits per heavy atom. The van der Waals surface area contributed by atoms with Gasteiger partial charge in [0.15, 0.2) is 0 Å². The summed E-state index contributed by atoms with van der Waals surface area (Å²) < 4.78 is 5.78. The molecule has 1 heterocycles. The van der Waals surface area contributed by atoms with Crippen LogP contribution in [0.15, 0.2) is 78.9 Å². The molecule has 1 aliphatic rings. The number of anilines is 1. The van der Waals surface area contributed by atoms with Crippen molar-refractivity contribution in [2.45, 2.75) is 31.8 Å². The van der Waals surface area contributed by atoms with Gasteiger partial charge in [-0.05, 0) is 80.0 Å². The summed E-state index contributed by atoms with van der Waals surface area (Å²) in [5, 5.41) is 15.5. The lowest BCUT2D eigenvalue weighted by Crippen LogP contribution is -2.42. The van der Waals surface area contributed by atoms with E-state index in [1.165, 1.54) is 0 Å². The van der Waals surface area contributed by atoms with Gasteiger partial charge in [0, 0.05) is 31.2 Å². The van der Waals surface area contributed by atoms with Gasteiger partial charge in [-0.2, -0.15) is 0 Å². The van der Waals surface area contributed by atoms with E-state index >= 15 is 0 Å². The number of amides is 1. The lowest BCUT2D eigenvalue weighted by atomic mass is 10.0. The third kappa shape index (κ3) is 7.67. The molecule has 1 fully saturated rings. The van der Waals surface area contributed by atoms with Gasteiger partial charge in [-0.1, -0.05) is 30.3 Å². The van der Waals surface area contributed by atoms with Crippen LogP contribution in [0.4, 0.5) is 5.69 Å². The number of carbonyl (C=O) groups excluding carboxylic acids is 1. The SMILES string of the molecule is O=C(CCNC1CCN(Cc2ccc(C(=O)O)cc2)CC1)Nc1ccc(Oc2ccccc2)cc1. The number of carbonyl (C=O) groups is 2. The number of aromatic carboxylic acids is 1. The number of nitrogens with one attached hydrogen (secondary N) is 2. The number of carboxylic acids is 1. The quantitative estimate of drug-likeness (QED) is 0.393. The fourth-order valence-corrected chi connectivity index (χ4v) is 4.15. The monoisotopic (exact) mass is 473 g/mol. The summed E-state index contributed by atoms with van der Waals surface area (Å²) in [6, 6.07) is 24.4. The third-order valence-electron chi connectivity index (χ3n) is 6.10. The Morgan fingerprint density at radius 3 is 2.20 bits per heavy atom. The van der Waals surface area contributed by atoms with E-state index in [2.05, 4.69) is 15.5 Å². The Kier molecular flexibility index (Phi) is 8.48. The first-order chi connectivity index (χ1) is 17.0. The van der Waals surface area contributed by atoms with Gasteiger partial charge in [-0.3, -0.25) is 9.69 Å². The first-order valence-electron chi connectivity index (χ1n) is 12.0. The van der Waals surface area contributed by atoms with Gasteiger partial charge in [-0.25, -0.2) is 4.79 Å². The summed E-state index contributed by atoms with van der Waals surface area (Å²) in [6.07, 6.45) is 2.47. The highest BCUT2D eigenvalue weighted by atomic mass is 16.5. The minimum atomic E-state index is -0.900. The molecule has 7 heteroatoms. The molecule has 1 aliphatic heterocycles. The van der Waals surface area contributed by atoms with E-state index in [9.17, 15) is 9.59 Å². The Bertz CT molecular complexity index is 1090. The van der Waals surface area contributed by atoms with E-state index in [1.54, 1.807) is 12.1 Å². The largest absolute Gasteiger partial charge is 0.478 e. The maximum Gasteiger partial charge on any atom is 0.335 e. The van der Waals surface area contributed by atoms with E-state index in [0.717, 1.165) is 55.2 Å². The molecule has 35 heavy (non-hydrogen) atoms. The van der Waals surface area contributed by atoms with Gasteiger partial charge in [0.2, 0.25) is 5.91 Å². The highest BCUT2D eigenvalue weighted by Crippen LogP contribution is 2.22. The number of carboxylic acid groups (broad SMARTS) is 1. The molecular weight excluding hydrogens is 442 g/mol. The predicted molar refractivity (Wildman–Crippen MR) is 136 cm³/mol. The minimum absolute atomic E-state index is 0.0172. The standard InChI is InChI=1S/C28H31N3O4/c32-27(30-24-10-12-26(13-11-24)35-25-4-2-1-3-5-25)14-17-29-23-15-18-31(19-16-23)20-21-6-8-22(9-7-21)28(33)34/h1-13,23,29H,14-20H2,(H,30,32)(H,33,34). The average Bonchev–Trinajstić information content (AvgIpc) is 2.87. The van der Waals surface area contributed by atoms with Gasteiger partial charge in [-0.15, -0.1) is 0 Å². The molecule has 1 saturated heterocycles. The Morgan fingerprint density at radius 2 is 1.54 bits per heavy atom. The average molecular weight is 474 g/mol. The van der Waals surface area contributed by atoms with Gasteiger partial charge in [0.1, 0.15) is 11.5 Å².